The Bertz CT molecular complexity index is 1240. The standard InChI is InChI=1S/C24H26N2O4S/c1-15-8-10-16(11-9-15)31(27,28)26-22-18(12-13-21-23(22)30-24(2,3)29-21)19-14-25-20-7-5-4-6-17(19)20/h4-14,18,21-23,25-26H,1-3H3/t18-,21-,22-,23-/m1/s1. The normalized spacial score (nSPS) is 27.5. The highest BCUT2D eigenvalue weighted by molar-refractivity contribution is 7.89. The van der Waals surface area contributed by atoms with Gasteiger partial charge in [0.1, 0.15) is 12.2 Å². The number of benzene rings is 2. The molecule has 0 spiro atoms. The van der Waals surface area contributed by atoms with Crippen LogP contribution in [0.5, 0.6) is 0 Å². The first-order chi connectivity index (χ1) is 14.7. The van der Waals surface area contributed by atoms with Gasteiger partial charge in [0.15, 0.2) is 5.79 Å². The van der Waals surface area contributed by atoms with E-state index in [-0.39, 0.29) is 16.9 Å². The second-order valence-electron chi connectivity index (χ2n) is 8.73. The van der Waals surface area contributed by atoms with Crippen LogP contribution in [0, 0.1) is 6.92 Å². The van der Waals surface area contributed by atoms with Crippen LogP contribution in [0.2, 0.25) is 0 Å². The van der Waals surface area contributed by atoms with Gasteiger partial charge in [0, 0.05) is 23.0 Å². The predicted octanol–water partition coefficient (Wildman–Crippen LogP) is 4.00. The van der Waals surface area contributed by atoms with E-state index < -0.39 is 28.0 Å². The van der Waals surface area contributed by atoms with Gasteiger partial charge in [0.2, 0.25) is 10.0 Å². The van der Waals surface area contributed by atoms with Gasteiger partial charge in [0.05, 0.1) is 10.9 Å². The van der Waals surface area contributed by atoms with E-state index >= 15 is 0 Å². The molecule has 5 rings (SSSR count). The zero-order chi connectivity index (χ0) is 21.8. The van der Waals surface area contributed by atoms with Gasteiger partial charge in [-0.15, -0.1) is 0 Å². The highest BCUT2D eigenvalue weighted by Gasteiger charge is 2.49. The average Bonchev–Trinajstić information content (AvgIpc) is 3.28. The number of aromatic amines is 1. The molecule has 1 aliphatic heterocycles. The van der Waals surface area contributed by atoms with E-state index in [0.717, 1.165) is 22.0 Å². The first-order valence-corrected chi connectivity index (χ1v) is 11.9. The zero-order valence-electron chi connectivity index (χ0n) is 17.7. The van der Waals surface area contributed by atoms with Crippen LogP contribution in [0.4, 0.5) is 0 Å². The van der Waals surface area contributed by atoms with Gasteiger partial charge in [-0.25, -0.2) is 13.1 Å². The molecule has 6 nitrogen and oxygen atoms in total. The number of rotatable bonds is 4. The van der Waals surface area contributed by atoms with Crippen molar-refractivity contribution in [1.82, 2.24) is 9.71 Å². The van der Waals surface area contributed by atoms with Crippen LogP contribution in [-0.2, 0) is 19.5 Å². The van der Waals surface area contributed by atoms with E-state index in [0.29, 0.717) is 0 Å². The van der Waals surface area contributed by atoms with Crippen molar-refractivity contribution in [3.05, 3.63) is 78.0 Å². The number of ether oxygens (including phenoxy) is 2. The maximum Gasteiger partial charge on any atom is 0.240 e. The third kappa shape index (κ3) is 3.72. The SMILES string of the molecule is Cc1ccc(S(=O)(=O)N[C@H]2[C@@H]3OC(C)(C)O[C@@H]3C=C[C@@H]2c2c[nH]c3ccccc23)cc1. The number of H-pyrrole nitrogens is 1. The molecule has 4 atom stereocenters. The van der Waals surface area contributed by atoms with E-state index in [4.69, 9.17) is 9.47 Å². The van der Waals surface area contributed by atoms with E-state index in [1.165, 1.54) is 0 Å². The molecule has 162 valence electrons. The molecule has 2 N–H and O–H groups in total. The van der Waals surface area contributed by atoms with Crippen molar-refractivity contribution in [2.75, 3.05) is 0 Å². The van der Waals surface area contributed by atoms with E-state index in [9.17, 15) is 8.42 Å². The van der Waals surface area contributed by atoms with Crippen molar-refractivity contribution < 1.29 is 17.9 Å². The highest BCUT2D eigenvalue weighted by Crippen LogP contribution is 2.41. The van der Waals surface area contributed by atoms with Crippen LogP contribution in [0.15, 0.2) is 71.8 Å². The summed E-state index contributed by atoms with van der Waals surface area (Å²) in [7, 11) is -3.76. The van der Waals surface area contributed by atoms with Gasteiger partial charge < -0.3 is 14.5 Å². The van der Waals surface area contributed by atoms with Crippen LogP contribution in [0.1, 0.15) is 30.9 Å². The molecule has 7 heteroatoms. The first-order valence-electron chi connectivity index (χ1n) is 10.4. The molecule has 3 aromatic rings. The molecule has 1 aliphatic carbocycles. The molecule has 31 heavy (non-hydrogen) atoms. The summed E-state index contributed by atoms with van der Waals surface area (Å²) in [4.78, 5) is 3.54. The van der Waals surface area contributed by atoms with Gasteiger partial charge >= 0.3 is 0 Å². The smallest absolute Gasteiger partial charge is 0.240 e. The van der Waals surface area contributed by atoms with Crippen molar-refractivity contribution in [2.24, 2.45) is 0 Å². The molecule has 0 unspecified atom stereocenters. The largest absolute Gasteiger partial charge is 0.361 e. The van der Waals surface area contributed by atoms with Gasteiger partial charge in [-0.05, 0) is 44.5 Å². The number of para-hydroxylation sites is 1. The maximum atomic E-state index is 13.3. The molecule has 1 aromatic heterocycles. The second kappa shape index (κ2) is 7.31. The molecule has 0 bridgehead atoms. The molecule has 2 aliphatic rings. The molecule has 0 amide bonds. The molecule has 2 aromatic carbocycles. The van der Waals surface area contributed by atoms with Gasteiger partial charge in [-0.3, -0.25) is 0 Å². The lowest BCUT2D eigenvalue weighted by Gasteiger charge is -2.34. The number of aryl methyl sites for hydroxylation is 1. The van der Waals surface area contributed by atoms with Crippen molar-refractivity contribution in [1.29, 1.82) is 0 Å². The number of sulfonamides is 1. The van der Waals surface area contributed by atoms with E-state index in [1.807, 2.05) is 63.4 Å². The molecular formula is C24H26N2O4S. The van der Waals surface area contributed by atoms with E-state index in [2.05, 4.69) is 9.71 Å². The topological polar surface area (TPSA) is 80.4 Å². The Labute approximate surface area is 182 Å². The fraction of sp³-hybridized carbons (Fsp3) is 0.333. The Morgan fingerprint density at radius 1 is 1.00 bits per heavy atom. The minimum absolute atomic E-state index is 0.213. The number of nitrogens with one attached hydrogen (secondary N) is 2. The summed E-state index contributed by atoms with van der Waals surface area (Å²) in [5.74, 6) is -1.00. The average molecular weight is 439 g/mol. The predicted molar refractivity (Wildman–Crippen MR) is 119 cm³/mol. The molecule has 0 saturated carbocycles. The van der Waals surface area contributed by atoms with Crippen molar-refractivity contribution in [3.63, 3.8) is 0 Å². The third-order valence-corrected chi connectivity index (χ3v) is 7.49. The van der Waals surface area contributed by atoms with Crippen LogP contribution in [0.25, 0.3) is 10.9 Å². The summed E-state index contributed by atoms with van der Waals surface area (Å²) in [6.07, 6.45) is 5.21. The minimum atomic E-state index is -3.76. The highest BCUT2D eigenvalue weighted by atomic mass is 32.2. The zero-order valence-corrected chi connectivity index (χ0v) is 18.5. The van der Waals surface area contributed by atoms with Crippen LogP contribution in [0.3, 0.4) is 0 Å². The molecule has 1 saturated heterocycles. The maximum absolute atomic E-state index is 13.3. The Morgan fingerprint density at radius 2 is 1.74 bits per heavy atom. The van der Waals surface area contributed by atoms with Crippen LogP contribution in [-0.4, -0.2) is 37.4 Å². The van der Waals surface area contributed by atoms with E-state index in [1.54, 1.807) is 24.3 Å². The Hall–Kier alpha value is -2.45. The number of hydrogen-bond donors (Lipinski definition) is 2. The fourth-order valence-corrected chi connectivity index (χ4v) is 5.84. The van der Waals surface area contributed by atoms with Crippen molar-refractivity contribution in [3.8, 4) is 0 Å². The Morgan fingerprint density at radius 3 is 2.52 bits per heavy atom. The monoisotopic (exact) mass is 438 g/mol. The molecule has 1 fully saturated rings. The summed E-state index contributed by atoms with van der Waals surface area (Å²) >= 11 is 0. The summed E-state index contributed by atoms with van der Waals surface area (Å²) in [5, 5.41) is 1.06. The molecule has 2 heterocycles. The number of aromatic nitrogens is 1. The number of hydrogen-bond acceptors (Lipinski definition) is 4. The fourth-order valence-electron chi connectivity index (χ4n) is 4.57. The molecular weight excluding hydrogens is 412 g/mol. The van der Waals surface area contributed by atoms with Gasteiger partial charge in [-0.1, -0.05) is 48.0 Å². The summed E-state index contributed by atoms with van der Waals surface area (Å²) in [6, 6.07) is 14.3. The number of fused-ring (bicyclic) bond motifs is 2. The Kier molecular flexibility index (Phi) is 4.82. The second-order valence-corrected chi connectivity index (χ2v) is 10.4. The van der Waals surface area contributed by atoms with Crippen LogP contribution >= 0.6 is 0 Å². The lowest BCUT2D eigenvalue weighted by atomic mass is 9.82. The van der Waals surface area contributed by atoms with Crippen LogP contribution < -0.4 is 4.72 Å². The lowest BCUT2D eigenvalue weighted by Crippen LogP contribution is -2.52. The summed E-state index contributed by atoms with van der Waals surface area (Å²) in [5.41, 5.74) is 3.04. The molecule has 0 radical (unpaired) electrons. The minimum Gasteiger partial charge on any atom is -0.361 e. The van der Waals surface area contributed by atoms with Gasteiger partial charge in [0.25, 0.3) is 0 Å². The Balaban J connectivity index is 1.57. The lowest BCUT2D eigenvalue weighted by molar-refractivity contribution is -0.144. The summed E-state index contributed by atoms with van der Waals surface area (Å²) in [6.45, 7) is 5.63. The first kappa shape index (κ1) is 20.5. The quantitative estimate of drug-likeness (QED) is 0.604. The van der Waals surface area contributed by atoms with Crippen molar-refractivity contribution >= 4 is 20.9 Å². The van der Waals surface area contributed by atoms with Crippen molar-refractivity contribution in [2.45, 2.75) is 55.6 Å². The summed E-state index contributed by atoms with van der Waals surface area (Å²) < 4.78 is 41.8. The third-order valence-electron chi connectivity index (χ3n) is 6.02. The van der Waals surface area contributed by atoms with Gasteiger partial charge in [-0.2, -0.15) is 0 Å².